The van der Waals surface area contributed by atoms with E-state index in [4.69, 9.17) is 9.31 Å². The average Bonchev–Trinajstić information content (AvgIpc) is 2.93. The van der Waals surface area contributed by atoms with Crippen LogP contribution in [-0.2, 0) is 0 Å². The lowest BCUT2D eigenvalue weighted by Gasteiger charge is -2.41. The number of hydrogen-bond acceptors (Lipinski definition) is 3. The molecule has 3 heterocycles. The Kier molecular flexibility index (Phi) is 4.19. The third kappa shape index (κ3) is 2.83. The fourth-order valence-corrected chi connectivity index (χ4v) is 9.36. The number of hydrogen-bond donors (Lipinski definition) is 0. The molecule has 0 fully saturated rings. The van der Waals surface area contributed by atoms with Gasteiger partial charge in [-0.2, -0.15) is 0 Å². The molecule has 3 nitrogen and oxygen atoms in total. The molecule has 0 atom stereocenters. The predicted octanol–water partition coefficient (Wildman–Crippen LogP) is 6.11. The van der Waals surface area contributed by atoms with Gasteiger partial charge in [-0.05, 0) is 57.9 Å². The maximum atomic E-state index is 6.39. The Labute approximate surface area is 218 Å². The van der Waals surface area contributed by atoms with Crippen LogP contribution in [0.4, 0.5) is 17.1 Å². The summed E-state index contributed by atoms with van der Waals surface area (Å²) in [7, 11) is -2.32. The molecule has 176 valence electrons. The molecule has 5 aromatic rings. The van der Waals surface area contributed by atoms with E-state index in [1.54, 1.807) is 0 Å². The van der Waals surface area contributed by atoms with Gasteiger partial charge in [-0.15, -0.1) is 0 Å². The van der Waals surface area contributed by atoms with E-state index in [0.717, 1.165) is 33.8 Å². The van der Waals surface area contributed by atoms with Crippen molar-refractivity contribution < 1.29 is 9.31 Å². The lowest BCUT2D eigenvalue weighted by atomic mass is 9.66. The summed E-state index contributed by atoms with van der Waals surface area (Å²) in [5.74, 6) is 1.71. The quantitative estimate of drug-likeness (QED) is 0.263. The first-order chi connectivity index (χ1) is 18.1. The first-order valence-corrected chi connectivity index (χ1v) is 15.8. The highest BCUT2D eigenvalue weighted by Crippen LogP contribution is 2.46. The van der Waals surface area contributed by atoms with Gasteiger partial charge in [0, 0.05) is 33.7 Å². The molecule has 0 amide bonds. The minimum atomic E-state index is -1.85. The SMILES string of the molecule is C[Si]1(C)c2ccccc2N(c2cc3c4c(c2)-c2ccccc2OB4Oc2ccccc2-3)c2ccccc21. The second kappa shape index (κ2) is 7.40. The van der Waals surface area contributed by atoms with Crippen molar-refractivity contribution in [3.63, 3.8) is 0 Å². The number of rotatable bonds is 1. The van der Waals surface area contributed by atoms with E-state index in [-0.39, 0.29) is 0 Å². The van der Waals surface area contributed by atoms with Crippen molar-refractivity contribution in [3.05, 3.63) is 109 Å². The summed E-state index contributed by atoms with van der Waals surface area (Å²) >= 11 is 0. The van der Waals surface area contributed by atoms with E-state index >= 15 is 0 Å². The van der Waals surface area contributed by atoms with Crippen molar-refractivity contribution in [1.29, 1.82) is 0 Å². The Morgan fingerprint density at radius 2 is 1.03 bits per heavy atom. The van der Waals surface area contributed by atoms with E-state index in [9.17, 15) is 0 Å². The maximum Gasteiger partial charge on any atom is 0.633 e. The predicted molar refractivity (Wildman–Crippen MR) is 155 cm³/mol. The first-order valence-electron chi connectivity index (χ1n) is 12.8. The van der Waals surface area contributed by atoms with Crippen LogP contribution in [0.25, 0.3) is 22.3 Å². The van der Waals surface area contributed by atoms with Crippen molar-refractivity contribution in [1.82, 2.24) is 0 Å². The third-order valence-corrected chi connectivity index (χ3v) is 11.7. The zero-order chi connectivity index (χ0) is 24.7. The molecule has 37 heavy (non-hydrogen) atoms. The highest BCUT2D eigenvalue weighted by molar-refractivity contribution is 7.02. The van der Waals surface area contributed by atoms with E-state index < -0.39 is 15.2 Å². The summed E-state index contributed by atoms with van der Waals surface area (Å²) in [5, 5.41) is 2.93. The van der Waals surface area contributed by atoms with E-state index in [1.165, 1.54) is 32.9 Å². The number of para-hydroxylation sites is 4. The van der Waals surface area contributed by atoms with Crippen LogP contribution >= 0.6 is 0 Å². The minimum Gasteiger partial charge on any atom is -0.521 e. The van der Waals surface area contributed by atoms with Crippen molar-refractivity contribution in [2.24, 2.45) is 0 Å². The summed E-state index contributed by atoms with van der Waals surface area (Å²) in [6.07, 6.45) is 0. The van der Waals surface area contributed by atoms with Crippen LogP contribution in [0.5, 0.6) is 11.5 Å². The molecular formula is C32H24BNO2Si. The van der Waals surface area contributed by atoms with Gasteiger partial charge in [0.25, 0.3) is 0 Å². The topological polar surface area (TPSA) is 21.7 Å². The van der Waals surface area contributed by atoms with Crippen LogP contribution in [0.15, 0.2) is 109 Å². The molecule has 0 saturated heterocycles. The monoisotopic (exact) mass is 493 g/mol. The van der Waals surface area contributed by atoms with Gasteiger partial charge in [0.15, 0.2) is 0 Å². The van der Waals surface area contributed by atoms with Gasteiger partial charge in [0.2, 0.25) is 0 Å². The van der Waals surface area contributed by atoms with Crippen LogP contribution in [-0.4, -0.2) is 15.2 Å². The number of benzene rings is 5. The first kappa shape index (κ1) is 20.9. The van der Waals surface area contributed by atoms with Crippen LogP contribution < -0.4 is 30.0 Å². The normalized spacial score (nSPS) is 15.3. The highest BCUT2D eigenvalue weighted by atomic mass is 28.3. The second-order valence-corrected chi connectivity index (χ2v) is 14.8. The van der Waals surface area contributed by atoms with E-state index in [1.807, 2.05) is 24.3 Å². The van der Waals surface area contributed by atoms with Crippen molar-refractivity contribution in [2.45, 2.75) is 13.1 Å². The van der Waals surface area contributed by atoms with Gasteiger partial charge in [-0.1, -0.05) is 85.9 Å². The molecule has 3 aliphatic heterocycles. The molecular weight excluding hydrogens is 469 g/mol. The molecule has 0 aromatic heterocycles. The minimum absolute atomic E-state index is 0.462. The molecule has 0 saturated carbocycles. The summed E-state index contributed by atoms with van der Waals surface area (Å²) in [4.78, 5) is 2.46. The Morgan fingerprint density at radius 3 is 1.57 bits per heavy atom. The molecule has 0 radical (unpaired) electrons. The molecule has 0 spiro atoms. The zero-order valence-electron chi connectivity index (χ0n) is 20.7. The molecule has 5 aromatic carbocycles. The summed E-state index contributed by atoms with van der Waals surface area (Å²) in [6, 6.07) is 39.2. The van der Waals surface area contributed by atoms with Crippen molar-refractivity contribution in [2.75, 3.05) is 4.90 Å². The van der Waals surface area contributed by atoms with Crippen molar-refractivity contribution >= 4 is 48.1 Å². The van der Waals surface area contributed by atoms with Crippen LogP contribution in [0.3, 0.4) is 0 Å². The smallest absolute Gasteiger partial charge is 0.521 e. The van der Waals surface area contributed by atoms with Gasteiger partial charge in [0.05, 0.1) is 0 Å². The second-order valence-electron chi connectivity index (χ2n) is 10.5. The number of fused-ring (bicyclic) bond motifs is 6. The summed E-state index contributed by atoms with van der Waals surface area (Å²) in [5.41, 5.74) is 9.38. The lowest BCUT2D eigenvalue weighted by molar-refractivity contribution is 0.436. The Morgan fingerprint density at radius 1 is 0.568 bits per heavy atom. The molecule has 8 rings (SSSR count). The Hall–Kier alpha value is -4.22. The lowest BCUT2D eigenvalue weighted by Crippen LogP contribution is -2.58. The van der Waals surface area contributed by atoms with Crippen LogP contribution in [0.1, 0.15) is 0 Å². The standard InChI is InChI=1S/C32H24BNO2Si/c1-37(2)30-17-9-5-13-26(30)34(27-14-6-10-18-31(27)37)21-19-24-22-11-3-7-15-28(22)35-33-32(24)25(20-21)23-12-4-8-16-29(23)36-33/h3-20H,1-2H3. The van der Waals surface area contributed by atoms with Crippen LogP contribution in [0, 0.1) is 0 Å². The van der Waals surface area contributed by atoms with E-state index in [2.05, 4.69) is 103 Å². The fourth-order valence-electron chi connectivity index (χ4n) is 6.37. The van der Waals surface area contributed by atoms with Gasteiger partial charge in [-0.25, -0.2) is 0 Å². The fraction of sp³-hybridized carbons (Fsp3) is 0.0625. The molecule has 0 N–H and O–H groups in total. The van der Waals surface area contributed by atoms with Crippen LogP contribution in [0.2, 0.25) is 13.1 Å². The Balaban J connectivity index is 1.46. The Bertz CT molecular complexity index is 1630. The summed E-state index contributed by atoms with van der Waals surface area (Å²) < 4.78 is 12.8. The molecule has 0 unspecified atom stereocenters. The largest absolute Gasteiger partial charge is 0.633 e. The average molecular weight is 493 g/mol. The molecule has 5 heteroatoms. The highest BCUT2D eigenvalue weighted by Gasteiger charge is 2.43. The molecule has 3 aliphatic rings. The third-order valence-electron chi connectivity index (χ3n) is 8.12. The van der Waals surface area contributed by atoms with Gasteiger partial charge in [-0.3, -0.25) is 0 Å². The van der Waals surface area contributed by atoms with E-state index in [0.29, 0.717) is 0 Å². The number of nitrogens with zero attached hydrogens (tertiary/aromatic N) is 1. The van der Waals surface area contributed by atoms with Crippen molar-refractivity contribution in [3.8, 4) is 33.8 Å². The van der Waals surface area contributed by atoms with Gasteiger partial charge >= 0.3 is 7.12 Å². The summed E-state index contributed by atoms with van der Waals surface area (Å²) in [6.45, 7) is 4.93. The molecule has 0 bridgehead atoms. The zero-order valence-corrected chi connectivity index (χ0v) is 21.7. The van der Waals surface area contributed by atoms with Gasteiger partial charge < -0.3 is 14.2 Å². The molecule has 0 aliphatic carbocycles. The maximum absolute atomic E-state index is 6.39. The van der Waals surface area contributed by atoms with Gasteiger partial charge in [0.1, 0.15) is 19.6 Å². The number of anilines is 3.